The summed E-state index contributed by atoms with van der Waals surface area (Å²) in [7, 11) is 0. The molecular weight excluding hydrogens is 226 g/mol. The number of rotatable bonds is 7. The maximum atomic E-state index is 12.1. The van der Waals surface area contributed by atoms with Gasteiger partial charge in [-0.15, -0.1) is 0 Å². The second kappa shape index (κ2) is 8.52. The quantitative estimate of drug-likeness (QED) is 0.735. The van der Waals surface area contributed by atoms with Gasteiger partial charge in [0, 0.05) is 12.5 Å². The van der Waals surface area contributed by atoms with Crippen LogP contribution in [0, 0.1) is 11.8 Å². The molecule has 0 spiro atoms. The lowest BCUT2D eigenvalue weighted by Crippen LogP contribution is -2.36. The first kappa shape index (κ1) is 15.5. The molecule has 0 aromatic heterocycles. The molecule has 106 valence electrons. The van der Waals surface area contributed by atoms with Crippen molar-refractivity contribution in [1.29, 1.82) is 0 Å². The Morgan fingerprint density at radius 3 is 2.22 bits per heavy atom. The van der Waals surface area contributed by atoms with E-state index >= 15 is 0 Å². The van der Waals surface area contributed by atoms with Crippen LogP contribution in [0.3, 0.4) is 0 Å². The molecule has 1 fully saturated rings. The summed E-state index contributed by atoms with van der Waals surface area (Å²) in [4.78, 5) is 12.1. The molecule has 0 saturated heterocycles. The Balaban J connectivity index is 2.25. The maximum Gasteiger partial charge on any atom is 0.223 e. The Labute approximate surface area is 111 Å². The van der Waals surface area contributed by atoms with E-state index in [2.05, 4.69) is 19.2 Å². The van der Waals surface area contributed by atoms with E-state index in [4.69, 9.17) is 0 Å². The normalized spacial score (nSPS) is 24.2. The van der Waals surface area contributed by atoms with Gasteiger partial charge in [0.15, 0.2) is 0 Å². The molecular formula is C15H29NO2. The minimum atomic E-state index is -0.107. The lowest BCUT2D eigenvalue weighted by atomic mass is 9.87. The number of carbonyl (C=O) groups is 1. The molecule has 1 amide bonds. The first-order valence-corrected chi connectivity index (χ1v) is 7.63. The third-order valence-electron chi connectivity index (χ3n) is 4.03. The highest BCUT2D eigenvalue weighted by Crippen LogP contribution is 2.23. The van der Waals surface area contributed by atoms with Gasteiger partial charge in [-0.1, -0.05) is 26.7 Å². The first-order valence-electron chi connectivity index (χ1n) is 7.63. The van der Waals surface area contributed by atoms with Crippen molar-refractivity contribution in [1.82, 2.24) is 5.32 Å². The van der Waals surface area contributed by atoms with Gasteiger partial charge in [0.25, 0.3) is 0 Å². The van der Waals surface area contributed by atoms with Gasteiger partial charge in [-0.05, 0) is 44.4 Å². The van der Waals surface area contributed by atoms with Gasteiger partial charge < -0.3 is 10.4 Å². The topological polar surface area (TPSA) is 49.3 Å². The Morgan fingerprint density at radius 1 is 1.17 bits per heavy atom. The van der Waals surface area contributed by atoms with Crippen molar-refractivity contribution in [3.05, 3.63) is 0 Å². The highest BCUT2D eigenvalue weighted by atomic mass is 16.3. The number of carbonyl (C=O) groups excluding carboxylic acids is 1. The van der Waals surface area contributed by atoms with E-state index in [0.29, 0.717) is 5.92 Å². The summed E-state index contributed by atoms with van der Waals surface area (Å²) in [6.07, 6.45) is 7.95. The zero-order valence-electron chi connectivity index (χ0n) is 12.0. The summed E-state index contributed by atoms with van der Waals surface area (Å²) in [5.74, 6) is 1.01. The maximum absolute atomic E-state index is 12.1. The fraction of sp³-hybridized carbons (Fsp3) is 0.933. The molecule has 1 aliphatic carbocycles. The number of amides is 1. The minimum absolute atomic E-state index is 0.107. The molecule has 0 atom stereocenters. The number of hydrogen-bond donors (Lipinski definition) is 2. The predicted octanol–water partition coefficient (Wildman–Crippen LogP) is 2.87. The molecule has 3 nitrogen and oxygen atoms in total. The van der Waals surface area contributed by atoms with Gasteiger partial charge in [-0.25, -0.2) is 0 Å². The average molecular weight is 255 g/mol. The molecule has 1 aliphatic rings. The van der Waals surface area contributed by atoms with Crippen LogP contribution in [0.25, 0.3) is 0 Å². The van der Waals surface area contributed by atoms with E-state index in [9.17, 15) is 9.90 Å². The van der Waals surface area contributed by atoms with Crippen LogP contribution >= 0.6 is 0 Å². The first-order chi connectivity index (χ1) is 8.67. The van der Waals surface area contributed by atoms with E-state index in [1.54, 1.807) is 0 Å². The molecule has 0 aliphatic heterocycles. The van der Waals surface area contributed by atoms with Crippen LogP contribution in [0.5, 0.6) is 0 Å². The highest BCUT2D eigenvalue weighted by molar-refractivity contribution is 5.78. The number of aliphatic hydroxyl groups excluding tert-OH is 1. The van der Waals surface area contributed by atoms with Gasteiger partial charge >= 0.3 is 0 Å². The number of nitrogens with one attached hydrogen (secondary N) is 1. The predicted molar refractivity (Wildman–Crippen MR) is 74.3 cm³/mol. The Bertz CT molecular complexity index is 229. The second-order valence-corrected chi connectivity index (χ2v) is 5.69. The van der Waals surface area contributed by atoms with E-state index in [1.807, 2.05) is 0 Å². The van der Waals surface area contributed by atoms with Gasteiger partial charge in [0.1, 0.15) is 0 Å². The van der Waals surface area contributed by atoms with Gasteiger partial charge in [-0.2, -0.15) is 0 Å². The largest absolute Gasteiger partial charge is 0.393 e. The summed E-state index contributed by atoms with van der Waals surface area (Å²) in [5, 5.41) is 12.6. The van der Waals surface area contributed by atoms with Crippen LogP contribution < -0.4 is 5.32 Å². The zero-order chi connectivity index (χ0) is 13.4. The minimum Gasteiger partial charge on any atom is -0.393 e. The summed E-state index contributed by atoms with van der Waals surface area (Å²) in [5.41, 5.74) is 0. The van der Waals surface area contributed by atoms with Crippen LogP contribution in [0.4, 0.5) is 0 Å². The Morgan fingerprint density at radius 2 is 1.72 bits per heavy atom. The highest BCUT2D eigenvalue weighted by Gasteiger charge is 2.21. The fourth-order valence-electron chi connectivity index (χ4n) is 2.84. The smallest absolute Gasteiger partial charge is 0.223 e. The van der Waals surface area contributed by atoms with Crippen LogP contribution in [0.2, 0.25) is 0 Å². The SMILES string of the molecule is CCCC(CCC)C(=O)NCC1CCC(O)CC1. The van der Waals surface area contributed by atoms with E-state index in [-0.39, 0.29) is 17.9 Å². The Hall–Kier alpha value is -0.570. The van der Waals surface area contributed by atoms with E-state index in [1.165, 1.54) is 0 Å². The van der Waals surface area contributed by atoms with Gasteiger partial charge in [0.05, 0.1) is 6.10 Å². The Kier molecular flexibility index (Phi) is 7.33. The fourth-order valence-corrected chi connectivity index (χ4v) is 2.84. The summed E-state index contributed by atoms with van der Waals surface area (Å²) >= 11 is 0. The van der Waals surface area contributed by atoms with Gasteiger partial charge in [0.2, 0.25) is 5.91 Å². The van der Waals surface area contributed by atoms with Crippen LogP contribution in [-0.2, 0) is 4.79 Å². The van der Waals surface area contributed by atoms with E-state index < -0.39 is 0 Å². The zero-order valence-corrected chi connectivity index (χ0v) is 12.0. The summed E-state index contributed by atoms with van der Waals surface area (Å²) < 4.78 is 0. The van der Waals surface area contributed by atoms with Crippen LogP contribution in [0.1, 0.15) is 65.2 Å². The molecule has 1 saturated carbocycles. The third kappa shape index (κ3) is 5.38. The van der Waals surface area contributed by atoms with Crippen molar-refractivity contribution >= 4 is 5.91 Å². The van der Waals surface area contributed by atoms with Crippen LogP contribution in [0.15, 0.2) is 0 Å². The molecule has 18 heavy (non-hydrogen) atoms. The van der Waals surface area contributed by atoms with Crippen molar-refractivity contribution in [2.45, 2.75) is 71.3 Å². The summed E-state index contributed by atoms with van der Waals surface area (Å²) in [6, 6.07) is 0. The molecule has 1 rings (SSSR count). The van der Waals surface area contributed by atoms with Crippen molar-refractivity contribution in [2.24, 2.45) is 11.8 Å². The van der Waals surface area contributed by atoms with Crippen molar-refractivity contribution in [2.75, 3.05) is 6.54 Å². The molecule has 0 bridgehead atoms. The van der Waals surface area contributed by atoms with Gasteiger partial charge in [-0.3, -0.25) is 4.79 Å². The lowest BCUT2D eigenvalue weighted by molar-refractivity contribution is -0.125. The van der Waals surface area contributed by atoms with Crippen molar-refractivity contribution in [3.8, 4) is 0 Å². The molecule has 0 aromatic carbocycles. The second-order valence-electron chi connectivity index (χ2n) is 5.69. The number of aliphatic hydroxyl groups is 1. The standard InChI is InChI=1S/C15H29NO2/c1-3-5-13(6-4-2)15(18)16-11-12-7-9-14(17)10-8-12/h12-14,17H,3-11H2,1-2H3,(H,16,18). The molecule has 0 heterocycles. The van der Waals surface area contributed by atoms with Crippen molar-refractivity contribution < 1.29 is 9.90 Å². The molecule has 2 N–H and O–H groups in total. The summed E-state index contributed by atoms with van der Waals surface area (Å²) in [6.45, 7) is 5.08. The van der Waals surface area contributed by atoms with E-state index in [0.717, 1.165) is 57.9 Å². The molecule has 0 radical (unpaired) electrons. The number of hydrogen-bond acceptors (Lipinski definition) is 2. The third-order valence-corrected chi connectivity index (χ3v) is 4.03. The lowest BCUT2D eigenvalue weighted by Gasteiger charge is -2.26. The average Bonchev–Trinajstić information content (AvgIpc) is 2.37. The molecule has 3 heteroatoms. The van der Waals surface area contributed by atoms with Crippen molar-refractivity contribution in [3.63, 3.8) is 0 Å². The molecule has 0 unspecified atom stereocenters. The molecule has 0 aromatic rings. The van der Waals surface area contributed by atoms with Crippen LogP contribution in [-0.4, -0.2) is 23.7 Å². The monoisotopic (exact) mass is 255 g/mol.